The number of hydrogen-bond acceptors (Lipinski definition) is 4. The molecule has 1 N–H and O–H groups in total. The van der Waals surface area contributed by atoms with E-state index in [9.17, 15) is 4.79 Å². The van der Waals surface area contributed by atoms with Crippen molar-refractivity contribution < 1.29 is 1.37 Å². The summed E-state index contributed by atoms with van der Waals surface area (Å²) in [6, 6.07) is 11.8. The SMILES string of the molecule is [2H]c1ccc(-n2ccc(C(C)c3ccc4[nH]c(=O)sc4c3)n2)nc1. The number of rotatable bonds is 3. The minimum absolute atomic E-state index is 0.0389. The second-order valence-corrected chi connectivity index (χ2v) is 6.31. The smallest absolute Gasteiger partial charge is 0.305 e. The number of pyridine rings is 1. The highest BCUT2D eigenvalue weighted by molar-refractivity contribution is 7.16. The molecule has 0 aliphatic rings. The van der Waals surface area contributed by atoms with E-state index in [1.807, 2.05) is 30.5 Å². The van der Waals surface area contributed by atoms with Crippen LogP contribution in [0.2, 0.25) is 0 Å². The molecule has 0 aliphatic heterocycles. The second kappa shape index (κ2) is 5.48. The number of thiazole rings is 1. The predicted octanol–water partition coefficient (Wildman–Crippen LogP) is 3.32. The normalized spacial score (nSPS) is 13.2. The largest absolute Gasteiger partial charge is 0.312 e. The molecule has 1 unspecified atom stereocenters. The van der Waals surface area contributed by atoms with Crippen LogP contribution >= 0.6 is 11.3 Å². The number of H-pyrrole nitrogens is 1. The van der Waals surface area contributed by atoms with Crippen LogP contribution in [-0.2, 0) is 0 Å². The molecule has 0 amide bonds. The van der Waals surface area contributed by atoms with E-state index in [2.05, 4.69) is 22.0 Å². The first-order valence-electron chi connectivity index (χ1n) is 7.71. The van der Waals surface area contributed by atoms with Gasteiger partial charge in [0.1, 0.15) is 0 Å². The summed E-state index contributed by atoms with van der Waals surface area (Å²) in [5.41, 5.74) is 2.90. The van der Waals surface area contributed by atoms with Crippen molar-refractivity contribution in [2.24, 2.45) is 0 Å². The Morgan fingerprint density at radius 1 is 1.35 bits per heavy atom. The van der Waals surface area contributed by atoms with E-state index in [-0.39, 0.29) is 10.8 Å². The van der Waals surface area contributed by atoms with Crippen LogP contribution in [0, 0.1) is 0 Å². The average molecular weight is 323 g/mol. The van der Waals surface area contributed by atoms with Crippen molar-refractivity contribution >= 4 is 21.6 Å². The molecule has 114 valence electrons. The summed E-state index contributed by atoms with van der Waals surface area (Å²) in [6.45, 7) is 2.09. The minimum atomic E-state index is -0.0389. The van der Waals surface area contributed by atoms with Gasteiger partial charge in [0, 0.05) is 18.3 Å². The summed E-state index contributed by atoms with van der Waals surface area (Å²) < 4.78 is 10.2. The van der Waals surface area contributed by atoms with E-state index in [1.54, 1.807) is 16.8 Å². The Balaban J connectivity index is 1.67. The Morgan fingerprint density at radius 3 is 3.09 bits per heavy atom. The summed E-state index contributed by atoms with van der Waals surface area (Å²) in [5.74, 6) is 0.784. The Kier molecular flexibility index (Phi) is 3.04. The molecule has 1 atom stereocenters. The van der Waals surface area contributed by atoms with Gasteiger partial charge in [-0.1, -0.05) is 30.4 Å². The van der Waals surface area contributed by atoms with Crippen LogP contribution in [0.1, 0.15) is 25.5 Å². The van der Waals surface area contributed by atoms with Gasteiger partial charge in [0.2, 0.25) is 0 Å². The van der Waals surface area contributed by atoms with E-state index in [4.69, 9.17) is 1.37 Å². The van der Waals surface area contributed by atoms with Crippen molar-refractivity contribution in [1.82, 2.24) is 19.7 Å². The molecule has 0 radical (unpaired) electrons. The quantitative estimate of drug-likeness (QED) is 0.629. The van der Waals surface area contributed by atoms with Gasteiger partial charge in [0.05, 0.1) is 17.3 Å². The van der Waals surface area contributed by atoms with Gasteiger partial charge in [-0.25, -0.2) is 9.67 Å². The molecule has 0 spiro atoms. The van der Waals surface area contributed by atoms with Crippen molar-refractivity contribution in [2.75, 3.05) is 0 Å². The molecule has 5 nitrogen and oxygen atoms in total. The summed E-state index contributed by atoms with van der Waals surface area (Å²) in [5, 5.41) is 4.60. The van der Waals surface area contributed by atoms with Crippen LogP contribution < -0.4 is 4.87 Å². The Labute approximate surface area is 137 Å². The molecule has 3 aromatic heterocycles. The monoisotopic (exact) mass is 323 g/mol. The first-order chi connectivity index (χ1) is 11.6. The lowest BCUT2D eigenvalue weighted by Gasteiger charge is -2.09. The minimum Gasteiger partial charge on any atom is -0.312 e. The summed E-state index contributed by atoms with van der Waals surface area (Å²) >= 11 is 1.22. The number of aromatic amines is 1. The summed E-state index contributed by atoms with van der Waals surface area (Å²) in [6.07, 6.45) is 3.37. The summed E-state index contributed by atoms with van der Waals surface area (Å²) in [7, 11) is 0. The van der Waals surface area contributed by atoms with Gasteiger partial charge in [-0.3, -0.25) is 4.79 Å². The van der Waals surface area contributed by atoms with Crippen LogP contribution in [-0.4, -0.2) is 19.7 Å². The topological polar surface area (TPSA) is 63.6 Å². The molecule has 3 heterocycles. The van der Waals surface area contributed by atoms with E-state index >= 15 is 0 Å². The molecule has 4 aromatic rings. The fourth-order valence-corrected chi connectivity index (χ4v) is 3.33. The number of nitrogens with one attached hydrogen (secondary N) is 1. The van der Waals surface area contributed by atoms with Gasteiger partial charge in [-0.05, 0) is 35.9 Å². The maximum atomic E-state index is 11.5. The van der Waals surface area contributed by atoms with Crippen LogP contribution in [0.25, 0.3) is 16.0 Å². The zero-order valence-corrected chi connectivity index (χ0v) is 13.2. The van der Waals surface area contributed by atoms with Crippen molar-refractivity contribution in [2.45, 2.75) is 12.8 Å². The number of benzene rings is 1. The average Bonchev–Trinajstić information content (AvgIpc) is 3.20. The molecule has 0 aliphatic carbocycles. The first-order valence-corrected chi connectivity index (χ1v) is 8.03. The zero-order chi connectivity index (χ0) is 16.7. The van der Waals surface area contributed by atoms with Gasteiger partial charge in [-0.15, -0.1) is 0 Å². The van der Waals surface area contributed by atoms with E-state index in [0.717, 1.165) is 21.5 Å². The van der Waals surface area contributed by atoms with E-state index in [1.165, 1.54) is 17.5 Å². The highest BCUT2D eigenvalue weighted by atomic mass is 32.1. The fraction of sp³-hybridized carbons (Fsp3) is 0.118. The molecule has 6 heteroatoms. The number of hydrogen-bond donors (Lipinski definition) is 1. The van der Waals surface area contributed by atoms with Crippen molar-refractivity contribution in [3.05, 3.63) is 75.8 Å². The molecule has 0 fully saturated rings. The highest BCUT2D eigenvalue weighted by Crippen LogP contribution is 2.26. The molecule has 1 aromatic carbocycles. The molecule has 0 saturated heterocycles. The third-order valence-corrected chi connectivity index (χ3v) is 4.68. The number of aromatic nitrogens is 4. The standard InChI is InChI=1S/C17H14N4OS/c1-11(12-5-6-14-15(10-12)23-17(22)19-14)13-7-9-21(20-13)16-4-2-3-8-18-16/h2-11H,1H3,(H,19,22)/i3D. The summed E-state index contributed by atoms with van der Waals surface area (Å²) in [4.78, 5) is 18.4. The predicted molar refractivity (Wildman–Crippen MR) is 91.3 cm³/mol. The Bertz CT molecular complexity index is 1060. The zero-order valence-electron chi connectivity index (χ0n) is 13.4. The highest BCUT2D eigenvalue weighted by Gasteiger charge is 2.13. The maximum absolute atomic E-state index is 11.5. The lowest BCUT2D eigenvalue weighted by atomic mass is 9.98. The van der Waals surface area contributed by atoms with Crippen LogP contribution in [0.4, 0.5) is 0 Å². The molecule has 4 rings (SSSR count). The molecule has 0 saturated carbocycles. The lowest BCUT2D eigenvalue weighted by molar-refractivity contribution is 0.780. The number of nitrogens with zero attached hydrogens (tertiary/aromatic N) is 3. The van der Waals surface area contributed by atoms with Gasteiger partial charge < -0.3 is 4.98 Å². The Morgan fingerprint density at radius 2 is 2.26 bits per heavy atom. The first kappa shape index (κ1) is 12.8. The van der Waals surface area contributed by atoms with Crippen molar-refractivity contribution in [3.63, 3.8) is 0 Å². The van der Waals surface area contributed by atoms with Gasteiger partial charge >= 0.3 is 4.87 Å². The van der Waals surface area contributed by atoms with Crippen molar-refractivity contribution in [1.29, 1.82) is 0 Å². The van der Waals surface area contributed by atoms with Crippen LogP contribution in [0.3, 0.4) is 0 Å². The molecular formula is C17H14N4OS. The third-order valence-electron chi connectivity index (χ3n) is 3.83. The second-order valence-electron chi connectivity index (χ2n) is 5.29. The Hall–Kier alpha value is -2.73. The fourth-order valence-electron chi connectivity index (χ4n) is 2.55. The van der Waals surface area contributed by atoms with Gasteiger partial charge in [0.25, 0.3) is 0 Å². The molecule has 23 heavy (non-hydrogen) atoms. The number of fused-ring (bicyclic) bond motifs is 1. The molecular weight excluding hydrogens is 308 g/mol. The van der Waals surface area contributed by atoms with E-state index in [0.29, 0.717) is 11.9 Å². The van der Waals surface area contributed by atoms with E-state index < -0.39 is 0 Å². The van der Waals surface area contributed by atoms with Gasteiger partial charge in [-0.2, -0.15) is 5.10 Å². The third kappa shape index (κ3) is 2.57. The van der Waals surface area contributed by atoms with Crippen LogP contribution in [0.5, 0.6) is 0 Å². The lowest BCUT2D eigenvalue weighted by Crippen LogP contribution is -2.01. The maximum Gasteiger partial charge on any atom is 0.305 e. The van der Waals surface area contributed by atoms with Crippen LogP contribution in [0.15, 0.2) is 59.6 Å². The van der Waals surface area contributed by atoms with Gasteiger partial charge in [0.15, 0.2) is 5.82 Å². The van der Waals surface area contributed by atoms with Crippen molar-refractivity contribution in [3.8, 4) is 5.82 Å². The molecule has 0 bridgehead atoms.